The number of nitrogens with zero attached hydrogens (tertiary/aromatic N) is 2. The van der Waals surface area contributed by atoms with Crippen LogP contribution in [0.2, 0.25) is 0 Å². The molecular weight excluding hydrogens is 283 g/mol. The van der Waals surface area contributed by atoms with Gasteiger partial charge in [-0.05, 0) is 43.5 Å². The third-order valence-corrected chi connectivity index (χ3v) is 4.70. The van der Waals surface area contributed by atoms with Gasteiger partial charge in [0.1, 0.15) is 5.82 Å². The summed E-state index contributed by atoms with van der Waals surface area (Å²) in [6.07, 6.45) is 3.24. The molecule has 0 aromatic heterocycles. The number of carbonyl (C=O) groups is 2. The lowest BCUT2D eigenvalue weighted by Gasteiger charge is -2.35. The van der Waals surface area contributed by atoms with Crippen LogP contribution in [0.1, 0.15) is 38.2 Å². The molecule has 2 amide bonds. The van der Waals surface area contributed by atoms with Crippen LogP contribution >= 0.6 is 0 Å². The third kappa shape index (κ3) is 2.72. The Morgan fingerprint density at radius 2 is 2.14 bits per heavy atom. The molecule has 1 aromatic carbocycles. The van der Waals surface area contributed by atoms with Gasteiger partial charge in [0.15, 0.2) is 0 Å². The highest BCUT2D eigenvalue weighted by Crippen LogP contribution is 2.33. The monoisotopic (exact) mass is 304 g/mol. The van der Waals surface area contributed by atoms with Crippen molar-refractivity contribution in [3.63, 3.8) is 0 Å². The van der Waals surface area contributed by atoms with Crippen molar-refractivity contribution in [1.29, 1.82) is 0 Å². The van der Waals surface area contributed by atoms with Crippen LogP contribution in [0.25, 0.3) is 0 Å². The smallest absolute Gasteiger partial charge is 0.230 e. The second-order valence-electron chi connectivity index (χ2n) is 6.05. The molecule has 1 aliphatic heterocycles. The number of rotatable bonds is 2. The predicted molar refractivity (Wildman–Crippen MR) is 81.8 cm³/mol. The zero-order chi connectivity index (χ0) is 15.7. The summed E-state index contributed by atoms with van der Waals surface area (Å²) >= 11 is 0. The van der Waals surface area contributed by atoms with Crippen LogP contribution in [-0.2, 0) is 16.1 Å². The van der Waals surface area contributed by atoms with E-state index in [4.69, 9.17) is 0 Å². The second-order valence-corrected chi connectivity index (χ2v) is 6.05. The Morgan fingerprint density at radius 1 is 1.36 bits per heavy atom. The molecule has 22 heavy (non-hydrogen) atoms. The SMILES string of the molecule is CCN1Cc2cc(F)ccc2N(C(=O)C2CCC2)CCC1=O. The maximum Gasteiger partial charge on any atom is 0.230 e. The van der Waals surface area contributed by atoms with Gasteiger partial charge in [0.05, 0.1) is 0 Å². The van der Waals surface area contributed by atoms with Crippen molar-refractivity contribution in [1.82, 2.24) is 4.90 Å². The first-order chi connectivity index (χ1) is 10.6. The summed E-state index contributed by atoms with van der Waals surface area (Å²) in [6.45, 7) is 3.24. The van der Waals surface area contributed by atoms with Crippen molar-refractivity contribution < 1.29 is 14.0 Å². The quantitative estimate of drug-likeness (QED) is 0.843. The highest BCUT2D eigenvalue weighted by atomic mass is 19.1. The van der Waals surface area contributed by atoms with Crippen molar-refractivity contribution in [3.8, 4) is 0 Å². The van der Waals surface area contributed by atoms with E-state index in [1.165, 1.54) is 12.1 Å². The molecule has 2 aliphatic rings. The van der Waals surface area contributed by atoms with Crippen molar-refractivity contribution in [3.05, 3.63) is 29.6 Å². The summed E-state index contributed by atoms with van der Waals surface area (Å²) in [5.41, 5.74) is 1.46. The fraction of sp³-hybridized carbons (Fsp3) is 0.529. The lowest BCUT2D eigenvalue weighted by molar-refractivity contribution is -0.131. The number of hydrogen-bond donors (Lipinski definition) is 0. The van der Waals surface area contributed by atoms with Crippen LogP contribution in [0.3, 0.4) is 0 Å². The minimum atomic E-state index is -0.334. The summed E-state index contributed by atoms with van der Waals surface area (Å²) in [4.78, 5) is 28.3. The van der Waals surface area contributed by atoms with Gasteiger partial charge in [-0.2, -0.15) is 0 Å². The molecule has 0 spiro atoms. The standard InChI is InChI=1S/C17H21FN2O2/c1-2-19-11-13-10-14(18)6-7-15(13)20(9-8-16(19)21)17(22)12-4-3-5-12/h6-7,10,12H,2-5,8-9,11H2,1H3. The van der Waals surface area contributed by atoms with E-state index in [9.17, 15) is 14.0 Å². The van der Waals surface area contributed by atoms with Gasteiger partial charge in [-0.1, -0.05) is 6.42 Å². The van der Waals surface area contributed by atoms with Crippen LogP contribution in [0.5, 0.6) is 0 Å². The Labute approximate surface area is 129 Å². The van der Waals surface area contributed by atoms with E-state index in [-0.39, 0.29) is 23.5 Å². The summed E-state index contributed by atoms with van der Waals surface area (Å²) < 4.78 is 13.6. The molecule has 1 aliphatic carbocycles. The van der Waals surface area contributed by atoms with Gasteiger partial charge in [0.2, 0.25) is 11.8 Å². The first-order valence-corrected chi connectivity index (χ1v) is 7.97. The van der Waals surface area contributed by atoms with Gasteiger partial charge in [-0.25, -0.2) is 4.39 Å². The molecule has 0 N–H and O–H groups in total. The van der Waals surface area contributed by atoms with E-state index in [2.05, 4.69) is 0 Å². The second kappa shape index (κ2) is 6.07. The van der Waals surface area contributed by atoms with Crippen molar-refractivity contribution in [2.45, 2.75) is 39.2 Å². The predicted octanol–water partition coefficient (Wildman–Crippen LogP) is 2.71. The summed E-state index contributed by atoms with van der Waals surface area (Å²) in [6, 6.07) is 4.50. The molecule has 0 saturated heterocycles. The zero-order valence-electron chi connectivity index (χ0n) is 12.8. The minimum Gasteiger partial charge on any atom is -0.339 e. The highest BCUT2D eigenvalue weighted by Gasteiger charge is 2.33. The van der Waals surface area contributed by atoms with E-state index < -0.39 is 0 Å². The number of benzene rings is 1. The maximum absolute atomic E-state index is 13.6. The highest BCUT2D eigenvalue weighted by molar-refractivity contribution is 5.97. The zero-order valence-corrected chi connectivity index (χ0v) is 12.8. The molecule has 0 radical (unpaired) electrons. The van der Waals surface area contributed by atoms with Crippen molar-refractivity contribution in [2.75, 3.05) is 18.0 Å². The fourth-order valence-corrected chi connectivity index (χ4v) is 3.12. The molecule has 118 valence electrons. The molecule has 1 heterocycles. The lowest BCUT2D eigenvalue weighted by Crippen LogP contribution is -2.44. The van der Waals surface area contributed by atoms with Gasteiger partial charge in [-0.3, -0.25) is 9.59 Å². The van der Waals surface area contributed by atoms with Crippen LogP contribution in [0.4, 0.5) is 10.1 Å². The molecule has 4 nitrogen and oxygen atoms in total. The van der Waals surface area contributed by atoms with Crippen molar-refractivity contribution in [2.24, 2.45) is 5.92 Å². The number of fused-ring (bicyclic) bond motifs is 1. The minimum absolute atomic E-state index is 0.0174. The number of halogens is 1. The van der Waals surface area contributed by atoms with Crippen molar-refractivity contribution >= 4 is 17.5 Å². The van der Waals surface area contributed by atoms with Crippen LogP contribution < -0.4 is 4.90 Å². The topological polar surface area (TPSA) is 40.6 Å². The van der Waals surface area contributed by atoms with Gasteiger partial charge >= 0.3 is 0 Å². The molecule has 0 atom stereocenters. The largest absolute Gasteiger partial charge is 0.339 e. The maximum atomic E-state index is 13.6. The Kier molecular flexibility index (Phi) is 4.14. The number of carbonyl (C=O) groups excluding carboxylic acids is 2. The summed E-state index contributed by atoms with van der Waals surface area (Å²) in [5, 5.41) is 0. The Morgan fingerprint density at radius 3 is 2.77 bits per heavy atom. The number of hydrogen-bond acceptors (Lipinski definition) is 2. The van der Waals surface area contributed by atoms with E-state index in [1.54, 1.807) is 15.9 Å². The van der Waals surface area contributed by atoms with E-state index in [1.807, 2.05) is 6.92 Å². The number of anilines is 1. The van der Waals surface area contributed by atoms with Gasteiger partial charge in [0, 0.05) is 37.7 Å². The average Bonchev–Trinajstić information content (AvgIpc) is 2.42. The summed E-state index contributed by atoms with van der Waals surface area (Å²) in [7, 11) is 0. The Balaban J connectivity index is 1.97. The molecule has 1 saturated carbocycles. The summed E-state index contributed by atoms with van der Waals surface area (Å²) in [5.74, 6) is -0.172. The molecular formula is C17H21FN2O2. The van der Waals surface area contributed by atoms with Gasteiger partial charge in [0.25, 0.3) is 0 Å². The normalized spacial score (nSPS) is 19.3. The van der Waals surface area contributed by atoms with E-state index in [0.29, 0.717) is 31.6 Å². The van der Waals surface area contributed by atoms with Crippen LogP contribution in [-0.4, -0.2) is 29.8 Å². The van der Waals surface area contributed by atoms with E-state index >= 15 is 0 Å². The van der Waals surface area contributed by atoms with Crippen LogP contribution in [0.15, 0.2) is 18.2 Å². The Hall–Kier alpha value is -1.91. The third-order valence-electron chi connectivity index (χ3n) is 4.70. The lowest BCUT2D eigenvalue weighted by atomic mass is 9.84. The average molecular weight is 304 g/mol. The van der Waals surface area contributed by atoms with Gasteiger partial charge in [-0.15, -0.1) is 0 Å². The Bertz CT molecular complexity index is 598. The first-order valence-electron chi connectivity index (χ1n) is 7.97. The molecule has 5 heteroatoms. The fourth-order valence-electron chi connectivity index (χ4n) is 3.12. The van der Waals surface area contributed by atoms with Crippen LogP contribution in [0, 0.1) is 11.7 Å². The molecule has 0 bridgehead atoms. The molecule has 0 unspecified atom stereocenters. The molecule has 1 fully saturated rings. The first kappa shape index (κ1) is 15.0. The molecule has 1 aromatic rings. The van der Waals surface area contributed by atoms with Gasteiger partial charge < -0.3 is 9.80 Å². The number of amides is 2. The molecule has 3 rings (SSSR count). The van der Waals surface area contributed by atoms with E-state index in [0.717, 1.165) is 24.9 Å².